The second-order valence-corrected chi connectivity index (χ2v) is 6.10. The van der Waals surface area contributed by atoms with Gasteiger partial charge in [-0.3, -0.25) is 4.79 Å². The molecular weight excluding hydrogens is 256 g/mol. The molecule has 1 unspecified atom stereocenters. The van der Waals surface area contributed by atoms with E-state index >= 15 is 0 Å². The van der Waals surface area contributed by atoms with Gasteiger partial charge in [-0.2, -0.15) is 11.8 Å². The Morgan fingerprint density at radius 2 is 2.37 bits per heavy atom. The Kier molecular flexibility index (Phi) is 5.58. The zero-order valence-corrected chi connectivity index (χ0v) is 12.3. The van der Waals surface area contributed by atoms with E-state index in [0.29, 0.717) is 0 Å². The zero-order chi connectivity index (χ0) is 13.5. The van der Waals surface area contributed by atoms with Crippen LogP contribution < -0.4 is 10.6 Å². The summed E-state index contributed by atoms with van der Waals surface area (Å²) >= 11 is 2.03. The van der Waals surface area contributed by atoms with Crippen molar-refractivity contribution >= 4 is 23.4 Å². The van der Waals surface area contributed by atoms with E-state index in [1.165, 1.54) is 17.9 Å². The third kappa shape index (κ3) is 4.46. The Bertz CT molecular complexity index is 416. The van der Waals surface area contributed by atoms with E-state index in [-0.39, 0.29) is 5.91 Å². The van der Waals surface area contributed by atoms with Crippen LogP contribution in [0.25, 0.3) is 0 Å². The Morgan fingerprint density at radius 3 is 3.11 bits per heavy atom. The molecule has 104 valence electrons. The Balaban J connectivity index is 1.88. The molecule has 0 bridgehead atoms. The molecule has 1 aliphatic rings. The lowest BCUT2D eigenvalue weighted by Crippen LogP contribution is -2.24. The van der Waals surface area contributed by atoms with E-state index in [0.717, 1.165) is 36.7 Å². The van der Waals surface area contributed by atoms with Crippen LogP contribution in [-0.2, 0) is 0 Å². The molecule has 1 amide bonds. The van der Waals surface area contributed by atoms with E-state index in [1.54, 1.807) is 0 Å². The van der Waals surface area contributed by atoms with E-state index in [2.05, 4.69) is 17.6 Å². The molecule has 0 spiro atoms. The molecule has 1 aromatic carbocycles. The van der Waals surface area contributed by atoms with Gasteiger partial charge in [0.1, 0.15) is 0 Å². The second-order valence-electron chi connectivity index (χ2n) is 4.95. The maximum absolute atomic E-state index is 11.9. The molecule has 3 nitrogen and oxygen atoms in total. The zero-order valence-electron chi connectivity index (χ0n) is 11.4. The highest BCUT2D eigenvalue weighted by Gasteiger charge is 2.15. The molecule has 1 aliphatic heterocycles. The summed E-state index contributed by atoms with van der Waals surface area (Å²) in [5, 5.41) is 6.35. The summed E-state index contributed by atoms with van der Waals surface area (Å²) in [6, 6.07) is 7.76. The minimum absolute atomic E-state index is 0.0157. The van der Waals surface area contributed by atoms with Crippen molar-refractivity contribution in [1.82, 2.24) is 5.32 Å². The monoisotopic (exact) mass is 278 g/mol. The third-order valence-electron chi connectivity index (χ3n) is 3.28. The lowest BCUT2D eigenvalue weighted by molar-refractivity contribution is 0.0953. The van der Waals surface area contributed by atoms with Crippen molar-refractivity contribution in [3.63, 3.8) is 0 Å². The van der Waals surface area contributed by atoms with Gasteiger partial charge >= 0.3 is 0 Å². The number of hydrogen-bond donors (Lipinski definition) is 2. The van der Waals surface area contributed by atoms with Crippen molar-refractivity contribution in [3.8, 4) is 0 Å². The van der Waals surface area contributed by atoms with Crippen molar-refractivity contribution in [3.05, 3.63) is 29.8 Å². The molecule has 1 atom stereocenters. The molecule has 0 radical (unpaired) electrons. The second kappa shape index (κ2) is 7.43. The van der Waals surface area contributed by atoms with Gasteiger partial charge in [-0.25, -0.2) is 0 Å². The lowest BCUT2D eigenvalue weighted by atomic mass is 10.1. The maximum Gasteiger partial charge on any atom is 0.251 e. The van der Waals surface area contributed by atoms with Gasteiger partial charge in [-0.1, -0.05) is 13.0 Å². The summed E-state index contributed by atoms with van der Waals surface area (Å²) in [5.41, 5.74) is 1.78. The molecule has 0 aromatic heterocycles. The molecule has 1 saturated heterocycles. The van der Waals surface area contributed by atoms with Gasteiger partial charge in [0.2, 0.25) is 0 Å². The van der Waals surface area contributed by atoms with Crippen molar-refractivity contribution in [2.24, 2.45) is 5.92 Å². The van der Waals surface area contributed by atoms with Crippen LogP contribution in [0.1, 0.15) is 30.1 Å². The van der Waals surface area contributed by atoms with Crippen LogP contribution in [0, 0.1) is 5.92 Å². The van der Waals surface area contributed by atoms with Crippen LogP contribution in [0.2, 0.25) is 0 Å². The summed E-state index contributed by atoms with van der Waals surface area (Å²) in [7, 11) is 0. The molecule has 1 heterocycles. The highest BCUT2D eigenvalue weighted by atomic mass is 32.2. The fraction of sp³-hybridized carbons (Fsp3) is 0.533. The first-order chi connectivity index (χ1) is 9.29. The van der Waals surface area contributed by atoms with Crippen molar-refractivity contribution in [1.29, 1.82) is 0 Å². The molecule has 19 heavy (non-hydrogen) atoms. The molecule has 0 saturated carbocycles. The Labute approximate surface area is 119 Å². The van der Waals surface area contributed by atoms with E-state index < -0.39 is 0 Å². The number of rotatable bonds is 6. The smallest absolute Gasteiger partial charge is 0.251 e. The first kappa shape index (κ1) is 14.3. The van der Waals surface area contributed by atoms with Gasteiger partial charge in [-0.05, 0) is 48.5 Å². The summed E-state index contributed by atoms with van der Waals surface area (Å²) in [6.45, 7) is 3.79. The third-order valence-corrected chi connectivity index (χ3v) is 4.51. The number of anilines is 1. The molecule has 0 aliphatic carbocycles. The Hall–Kier alpha value is -1.16. The van der Waals surface area contributed by atoms with Crippen LogP contribution >= 0.6 is 11.8 Å². The van der Waals surface area contributed by atoms with Gasteiger partial charge in [-0.15, -0.1) is 0 Å². The van der Waals surface area contributed by atoms with Gasteiger partial charge in [0, 0.05) is 24.3 Å². The number of carbonyl (C=O) groups is 1. The predicted octanol–water partition coefficient (Wildman–Crippen LogP) is 2.99. The van der Waals surface area contributed by atoms with Crippen LogP contribution in [-0.4, -0.2) is 30.5 Å². The van der Waals surface area contributed by atoms with E-state index in [1.807, 2.05) is 36.0 Å². The largest absolute Gasteiger partial charge is 0.385 e. The molecule has 1 aromatic rings. The summed E-state index contributed by atoms with van der Waals surface area (Å²) in [5.74, 6) is 3.32. The fourth-order valence-corrected chi connectivity index (χ4v) is 3.40. The maximum atomic E-state index is 11.9. The highest BCUT2D eigenvalue weighted by molar-refractivity contribution is 7.99. The van der Waals surface area contributed by atoms with Crippen LogP contribution in [0.4, 0.5) is 5.69 Å². The summed E-state index contributed by atoms with van der Waals surface area (Å²) in [6.07, 6.45) is 2.26. The Morgan fingerprint density at radius 1 is 1.47 bits per heavy atom. The number of amides is 1. The minimum Gasteiger partial charge on any atom is -0.385 e. The molecular formula is C15H22N2OS. The quantitative estimate of drug-likeness (QED) is 0.840. The fourth-order valence-electron chi connectivity index (χ4n) is 2.12. The molecule has 2 rings (SSSR count). The topological polar surface area (TPSA) is 41.1 Å². The van der Waals surface area contributed by atoms with Crippen LogP contribution in [0.15, 0.2) is 24.3 Å². The highest BCUT2D eigenvalue weighted by Crippen LogP contribution is 2.23. The average Bonchev–Trinajstić information content (AvgIpc) is 2.96. The number of thioether (sulfide) groups is 1. The minimum atomic E-state index is 0.0157. The van der Waals surface area contributed by atoms with Crippen molar-refractivity contribution in [2.45, 2.75) is 19.8 Å². The number of carbonyl (C=O) groups excluding carboxylic acids is 1. The summed E-state index contributed by atoms with van der Waals surface area (Å²) < 4.78 is 0. The molecule has 4 heteroatoms. The van der Waals surface area contributed by atoms with Gasteiger partial charge < -0.3 is 10.6 Å². The SMILES string of the molecule is CCCNC(=O)c1cccc(NCC2CCSC2)c1. The van der Waals surface area contributed by atoms with Crippen LogP contribution in [0.5, 0.6) is 0 Å². The number of nitrogens with one attached hydrogen (secondary N) is 2. The lowest BCUT2D eigenvalue weighted by Gasteiger charge is -2.12. The van der Waals surface area contributed by atoms with Crippen molar-refractivity contribution in [2.75, 3.05) is 29.9 Å². The average molecular weight is 278 g/mol. The van der Waals surface area contributed by atoms with Gasteiger partial charge in [0.05, 0.1) is 0 Å². The molecule has 1 fully saturated rings. The van der Waals surface area contributed by atoms with E-state index in [9.17, 15) is 4.79 Å². The number of benzene rings is 1. The number of hydrogen-bond acceptors (Lipinski definition) is 3. The van der Waals surface area contributed by atoms with Crippen molar-refractivity contribution < 1.29 is 4.79 Å². The normalized spacial score (nSPS) is 18.3. The van der Waals surface area contributed by atoms with Crippen LogP contribution in [0.3, 0.4) is 0 Å². The first-order valence-corrected chi connectivity index (χ1v) is 8.15. The summed E-state index contributed by atoms with van der Waals surface area (Å²) in [4.78, 5) is 11.9. The van der Waals surface area contributed by atoms with E-state index in [4.69, 9.17) is 0 Å². The molecule has 2 N–H and O–H groups in total. The van der Waals surface area contributed by atoms with Gasteiger partial charge in [0.15, 0.2) is 0 Å². The van der Waals surface area contributed by atoms with Gasteiger partial charge in [0.25, 0.3) is 5.91 Å². The standard InChI is InChI=1S/C15H22N2OS/c1-2-7-16-15(18)13-4-3-5-14(9-13)17-10-12-6-8-19-11-12/h3-5,9,12,17H,2,6-8,10-11H2,1H3,(H,16,18). The first-order valence-electron chi connectivity index (χ1n) is 6.99. The predicted molar refractivity (Wildman–Crippen MR) is 83.0 cm³/mol.